The second-order valence-corrected chi connectivity index (χ2v) is 5.68. The zero-order valence-corrected chi connectivity index (χ0v) is 10.4. The molecule has 1 aliphatic carbocycles. The summed E-state index contributed by atoms with van der Waals surface area (Å²) in [6.07, 6.45) is 2.38. The van der Waals surface area contributed by atoms with Gasteiger partial charge in [0.05, 0.1) is 11.7 Å². The maximum atomic E-state index is 11.8. The molecule has 1 N–H and O–H groups in total. The number of hydrogen-bond donors (Lipinski definition) is 1. The van der Waals surface area contributed by atoms with Gasteiger partial charge < -0.3 is 4.98 Å². The van der Waals surface area contributed by atoms with Crippen molar-refractivity contribution >= 4 is 0 Å². The van der Waals surface area contributed by atoms with Crippen LogP contribution in [-0.4, -0.2) is 52.5 Å². The Morgan fingerprint density at radius 2 is 2.00 bits per heavy atom. The Bertz CT molecular complexity index is 514. The summed E-state index contributed by atoms with van der Waals surface area (Å²) in [5.41, 5.74) is 1.02. The molecule has 1 saturated carbocycles. The van der Waals surface area contributed by atoms with Gasteiger partial charge in [0.1, 0.15) is 5.82 Å². The van der Waals surface area contributed by atoms with Crippen LogP contribution in [-0.2, 0) is 0 Å². The summed E-state index contributed by atoms with van der Waals surface area (Å²) in [5.74, 6) is 1.43. The highest BCUT2D eigenvalue weighted by Gasteiger charge is 2.35. The molecule has 4 heterocycles. The van der Waals surface area contributed by atoms with Crippen LogP contribution in [0.25, 0.3) is 0 Å². The molecule has 0 radical (unpaired) electrons. The van der Waals surface area contributed by atoms with Crippen molar-refractivity contribution in [3.8, 4) is 0 Å². The standard InChI is InChI=1S/C13H18N4O/c18-12-7-10(9-1-2-9)14-13(15-12)11-8-16-3-5-17(11)6-4-16/h7,9,11H,1-6,8H2,(H,14,15,18). The third-order valence-electron chi connectivity index (χ3n) is 4.37. The third-order valence-corrected chi connectivity index (χ3v) is 4.37. The predicted molar refractivity (Wildman–Crippen MR) is 67.6 cm³/mol. The average molecular weight is 246 g/mol. The van der Waals surface area contributed by atoms with Crippen molar-refractivity contribution in [1.82, 2.24) is 19.8 Å². The fraction of sp³-hybridized carbons (Fsp3) is 0.692. The van der Waals surface area contributed by atoms with Crippen LogP contribution < -0.4 is 5.56 Å². The van der Waals surface area contributed by atoms with Crippen LogP contribution in [0.2, 0.25) is 0 Å². The van der Waals surface area contributed by atoms with Crippen molar-refractivity contribution in [3.05, 3.63) is 27.9 Å². The Balaban J connectivity index is 1.69. The number of aromatic amines is 1. The van der Waals surface area contributed by atoms with Gasteiger partial charge in [0.25, 0.3) is 5.56 Å². The Morgan fingerprint density at radius 3 is 2.61 bits per heavy atom. The Kier molecular flexibility index (Phi) is 2.32. The molecule has 3 aliphatic heterocycles. The SMILES string of the molecule is O=c1cc(C2CC2)nc(C2CN3CCN2CC3)[nH]1. The van der Waals surface area contributed by atoms with E-state index in [1.165, 1.54) is 12.8 Å². The van der Waals surface area contributed by atoms with Gasteiger partial charge >= 0.3 is 0 Å². The highest BCUT2D eigenvalue weighted by atomic mass is 16.1. The maximum absolute atomic E-state index is 11.8. The van der Waals surface area contributed by atoms with Crippen LogP contribution in [0, 0.1) is 0 Å². The summed E-state index contributed by atoms with van der Waals surface area (Å²) in [6, 6.07) is 1.97. The van der Waals surface area contributed by atoms with Gasteiger partial charge in [-0.15, -0.1) is 0 Å². The van der Waals surface area contributed by atoms with E-state index in [0.29, 0.717) is 12.0 Å². The molecular formula is C13H18N4O. The number of nitrogens with one attached hydrogen (secondary N) is 1. The van der Waals surface area contributed by atoms with Gasteiger partial charge in [-0.25, -0.2) is 4.98 Å². The van der Waals surface area contributed by atoms with Crippen LogP contribution >= 0.6 is 0 Å². The first-order chi connectivity index (χ1) is 8.79. The second kappa shape index (κ2) is 3.90. The van der Waals surface area contributed by atoms with Crippen molar-refractivity contribution in [2.45, 2.75) is 24.8 Å². The Labute approximate surface area is 106 Å². The van der Waals surface area contributed by atoms with Gasteiger partial charge in [-0.05, 0) is 12.8 Å². The highest BCUT2D eigenvalue weighted by molar-refractivity contribution is 5.16. The van der Waals surface area contributed by atoms with Gasteiger partial charge in [0.2, 0.25) is 0 Å². The first-order valence-corrected chi connectivity index (χ1v) is 6.87. The van der Waals surface area contributed by atoms with E-state index >= 15 is 0 Å². The normalized spacial score (nSPS) is 34.8. The lowest BCUT2D eigenvalue weighted by Crippen LogP contribution is -2.57. The zero-order chi connectivity index (χ0) is 12.1. The molecule has 96 valence electrons. The summed E-state index contributed by atoms with van der Waals surface area (Å²) < 4.78 is 0. The minimum atomic E-state index is 0.0135. The van der Waals surface area contributed by atoms with E-state index < -0.39 is 0 Å². The van der Waals surface area contributed by atoms with E-state index in [2.05, 4.69) is 14.8 Å². The van der Waals surface area contributed by atoms with Crippen molar-refractivity contribution in [2.24, 2.45) is 0 Å². The molecule has 1 unspecified atom stereocenters. The molecule has 0 spiro atoms. The second-order valence-electron chi connectivity index (χ2n) is 5.68. The molecular weight excluding hydrogens is 228 g/mol. The lowest BCUT2D eigenvalue weighted by molar-refractivity contribution is 0.00846. The number of aromatic nitrogens is 2. The maximum Gasteiger partial charge on any atom is 0.251 e. The van der Waals surface area contributed by atoms with Gasteiger partial charge in [-0.3, -0.25) is 14.6 Å². The fourth-order valence-corrected chi connectivity index (χ4v) is 3.12. The molecule has 1 aromatic heterocycles. The van der Waals surface area contributed by atoms with Crippen LogP contribution in [0.3, 0.4) is 0 Å². The first kappa shape index (κ1) is 10.7. The number of H-pyrrole nitrogens is 1. The lowest BCUT2D eigenvalue weighted by Gasteiger charge is -2.46. The predicted octanol–water partition coefficient (Wildman–Crippen LogP) is 0.320. The largest absolute Gasteiger partial charge is 0.309 e. The summed E-state index contributed by atoms with van der Waals surface area (Å²) in [6.45, 7) is 5.52. The van der Waals surface area contributed by atoms with Crippen molar-refractivity contribution < 1.29 is 0 Å². The van der Waals surface area contributed by atoms with Crippen molar-refractivity contribution in [2.75, 3.05) is 32.7 Å². The van der Waals surface area contributed by atoms with Crippen LogP contribution in [0.4, 0.5) is 0 Å². The lowest BCUT2D eigenvalue weighted by atomic mass is 10.1. The number of fused-ring (bicyclic) bond motifs is 3. The van der Waals surface area contributed by atoms with Gasteiger partial charge in [0.15, 0.2) is 0 Å². The first-order valence-electron chi connectivity index (χ1n) is 6.87. The molecule has 5 nitrogen and oxygen atoms in total. The topological polar surface area (TPSA) is 52.2 Å². The van der Waals surface area contributed by atoms with E-state index in [-0.39, 0.29) is 5.56 Å². The number of piperazine rings is 3. The molecule has 4 aliphatic rings. The summed E-state index contributed by atoms with van der Waals surface area (Å²) >= 11 is 0. The average Bonchev–Trinajstić information content (AvgIpc) is 3.23. The molecule has 1 aromatic rings. The smallest absolute Gasteiger partial charge is 0.251 e. The molecule has 2 bridgehead atoms. The van der Waals surface area contributed by atoms with Gasteiger partial charge in [0, 0.05) is 44.7 Å². The highest BCUT2D eigenvalue weighted by Crippen LogP contribution is 2.38. The third kappa shape index (κ3) is 1.78. The Hall–Kier alpha value is -1.20. The molecule has 4 fully saturated rings. The van der Waals surface area contributed by atoms with E-state index in [1.54, 1.807) is 6.07 Å². The summed E-state index contributed by atoms with van der Waals surface area (Å²) in [4.78, 5) is 24.3. The van der Waals surface area contributed by atoms with Gasteiger partial charge in [-0.1, -0.05) is 0 Å². The Morgan fingerprint density at radius 1 is 1.22 bits per heavy atom. The molecule has 0 amide bonds. The zero-order valence-electron chi connectivity index (χ0n) is 10.4. The van der Waals surface area contributed by atoms with Crippen molar-refractivity contribution in [1.29, 1.82) is 0 Å². The monoisotopic (exact) mass is 246 g/mol. The van der Waals surface area contributed by atoms with Crippen LogP contribution in [0.1, 0.15) is 36.3 Å². The van der Waals surface area contributed by atoms with E-state index in [0.717, 1.165) is 44.2 Å². The fourth-order valence-electron chi connectivity index (χ4n) is 3.12. The van der Waals surface area contributed by atoms with Crippen LogP contribution in [0.5, 0.6) is 0 Å². The minimum absolute atomic E-state index is 0.0135. The van der Waals surface area contributed by atoms with E-state index in [4.69, 9.17) is 4.98 Å². The number of rotatable bonds is 2. The van der Waals surface area contributed by atoms with Crippen LogP contribution in [0.15, 0.2) is 10.9 Å². The minimum Gasteiger partial charge on any atom is -0.309 e. The summed E-state index contributed by atoms with van der Waals surface area (Å²) in [5, 5.41) is 0. The van der Waals surface area contributed by atoms with Crippen molar-refractivity contribution in [3.63, 3.8) is 0 Å². The summed E-state index contributed by atoms with van der Waals surface area (Å²) in [7, 11) is 0. The number of hydrogen-bond acceptors (Lipinski definition) is 4. The molecule has 5 heteroatoms. The molecule has 0 aromatic carbocycles. The quantitative estimate of drug-likeness (QED) is 0.816. The molecule has 3 saturated heterocycles. The van der Waals surface area contributed by atoms with E-state index in [9.17, 15) is 4.79 Å². The van der Waals surface area contributed by atoms with E-state index in [1.807, 2.05) is 0 Å². The molecule has 1 atom stereocenters. The molecule has 18 heavy (non-hydrogen) atoms. The molecule has 5 rings (SSSR count). The van der Waals surface area contributed by atoms with Gasteiger partial charge in [-0.2, -0.15) is 0 Å². The number of nitrogens with zero attached hydrogens (tertiary/aromatic N) is 3.